The number of hydrogen-bond donors (Lipinski definition) is 2. The summed E-state index contributed by atoms with van der Waals surface area (Å²) in [5.74, 6) is -0.992. The van der Waals surface area contributed by atoms with Crippen molar-refractivity contribution in [2.24, 2.45) is 0 Å². The van der Waals surface area contributed by atoms with E-state index in [1.54, 1.807) is 12.1 Å². The maximum Gasteiger partial charge on any atom is 0.337 e. The van der Waals surface area contributed by atoms with Crippen LogP contribution in [-0.2, 0) is 0 Å². The third kappa shape index (κ3) is 1.96. The quantitative estimate of drug-likeness (QED) is 0.714. The second-order valence-electron chi connectivity index (χ2n) is 3.09. The lowest BCUT2D eigenvalue weighted by Gasteiger charge is -2.17. The maximum absolute atomic E-state index is 10.7. The molecule has 0 aliphatic carbocycles. The molecule has 4 nitrogen and oxygen atoms in total. The largest absolute Gasteiger partial charge is 0.478 e. The lowest BCUT2D eigenvalue weighted by molar-refractivity contribution is 0.0698. The van der Waals surface area contributed by atoms with Crippen molar-refractivity contribution in [1.82, 2.24) is 0 Å². The Kier molecular flexibility index (Phi) is 2.96. The van der Waals surface area contributed by atoms with E-state index in [-0.39, 0.29) is 5.56 Å². The molecule has 0 aliphatic heterocycles. The van der Waals surface area contributed by atoms with E-state index in [1.165, 1.54) is 6.07 Å². The molecule has 0 saturated heterocycles. The molecule has 0 radical (unpaired) electrons. The van der Waals surface area contributed by atoms with Crippen LogP contribution in [0.5, 0.6) is 0 Å². The molecular weight excluding hydrogens is 180 g/mol. The summed E-state index contributed by atoms with van der Waals surface area (Å²) in [6, 6.07) is 4.95. The number of nitrogens with two attached hydrogens (primary N) is 1. The molecule has 0 amide bonds. The van der Waals surface area contributed by atoms with Gasteiger partial charge in [-0.1, -0.05) is 0 Å². The van der Waals surface area contributed by atoms with Crippen LogP contribution in [0.15, 0.2) is 18.2 Å². The van der Waals surface area contributed by atoms with Gasteiger partial charge in [0.05, 0.1) is 5.56 Å². The van der Waals surface area contributed by atoms with Gasteiger partial charge in [-0.25, -0.2) is 4.79 Å². The highest BCUT2D eigenvalue weighted by Crippen LogP contribution is 2.20. The van der Waals surface area contributed by atoms with E-state index >= 15 is 0 Å². The summed E-state index contributed by atoms with van der Waals surface area (Å²) in [4.78, 5) is 12.7. The van der Waals surface area contributed by atoms with E-state index < -0.39 is 5.97 Å². The zero-order chi connectivity index (χ0) is 10.7. The summed E-state index contributed by atoms with van der Waals surface area (Å²) in [6.45, 7) is 2.87. The molecule has 1 aromatic rings. The van der Waals surface area contributed by atoms with Crippen LogP contribution in [0.4, 0.5) is 11.4 Å². The Morgan fingerprint density at radius 2 is 2.21 bits per heavy atom. The molecule has 1 aromatic carbocycles. The minimum atomic E-state index is -0.992. The van der Waals surface area contributed by atoms with Gasteiger partial charge >= 0.3 is 5.97 Å². The van der Waals surface area contributed by atoms with Gasteiger partial charge in [0.15, 0.2) is 0 Å². The third-order valence-corrected chi connectivity index (χ3v) is 2.18. The number of carbonyl (C=O) groups is 1. The van der Waals surface area contributed by atoms with Gasteiger partial charge in [0, 0.05) is 25.0 Å². The molecule has 0 bridgehead atoms. The minimum Gasteiger partial charge on any atom is -0.478 e. The summed E-state index contributed by atoms with van der Waals surface area (Å²) in [5.41, 5.74) is 6.99. The number of benzene rings is 1. The first-order valence-electron chi connectivity index (χ1n) is 4.40. The van der Waals surface area contributed by atoms with E-state index in [1.807, 2.05) is 18.9 Å². The molecule has 0 aromatic heterocycles. The topological polar surface area (TPSA) is 66.6 Å². The lowest BCUT2D eigenvalue weighted by Crippen LogP contribution is -2.16. The first-order valence-corrected chi connectivity index (χ1v) is 4.40. The van der Waals surface area contributed by atoms with Crippen LogP contribution in [-0.4, -0.2) is 24.7 Å². The van der Waals surface area contributed by atoms with Crippen LogP contribution < -0.4 is 10.6 Å². The number of nitrogen functional groups attached to an aromatic ring is 1. The molecule has 4 heteroatoms. The number of rotatable bonds is 3. The van der Waals surface area contributed by atoms with E-state index in [0.29, 0.717) is 5.69 Å². The molecule has 0 aliphatic rings. The van der Waals surface area contributed by atoms with Crippen molar-refractivity contribution < 1.29 is 9.90 Å². The summed E-state index contributed by atoms with van der Waals surface area (Å²) in [7, 11) is 1.93. The first kappa shape index (κ1) is 10.4. The summed E-state index contributed by atoms with van der Waals surface area (Å²) < 4.78 is 0. The van der Waals surface area contributed by atoms with Crippen molar-refractivity contribution in [3.05, 3.63) is 23.8 Å². The van der Waals surface area contributed by atoms with Gasteiger partial charge in [0.2, 0.25) is 0 Å². The fourth-order valence-corrected chi connectivity index (χ4v) is 1.16. The molecule has 0 heterocycles. The summed E-state index contributed by atoms with van der Waals surface area (Å²) in [5, 5.41) is 8.76. The Morgan fingerprint density at radius 3 is 2.64 bits per heavy atom. The number of carboxylic acids is 1. The Hall–Kier alpha value is -1.71. The molecule has 0 fully saturated rings. The second kappa shape index (κ2) is 4.00. The number of carboxylic acid groups (broad SMARTS) is 1. The zero-order valence-electron chi connectivity index (χ0n) is 8.32. The fourth-order valence-electron chi connectivity index (χ4n) is 1.16. The molecule has 0 atom stereocenters. The van der Waals surface area contributed by atoms with Crippen LogP contribution >= 0.6 is 0 Å². The van der Waals surface area contributed by atoms with Gasteiger partial charge in [-0.05, 0) is 25.1 Å². The molecular formula is C10H14N2O2. The highest BCUT2D eigenvalue weighted by molar-refractivity contribution is 5.94. The number of hydrogen-bond acceptors (Lipinski definition) is 3. The number of anilines is 2. The second-order valence-corrected chi connectivity index (χ2v) is 3.09. The average molecular weight is 194 g/mol. The number of aromatic carboxylic acids is 1. The van der Waals surface area contributed by atoms with Crippen molar-refractivity contribution in [2.75, 3.05) is 24.2 Å². The average Bonchev–Trinajstić information content (AvgIpc) is 2.15. The van der Waals surface area contributed by atoms with E-state index in [0.717, 1.165) is 12.2 Å². The Morgan fingerprint density at radius 1 is 1.57 bits per heavy atom. The third-order valence-electron chi connectivity index (χ3n) is 2.18. The van der Waals surface area contributed by atoms with E-state index in [2.05, 4.69) is 0 Å². The minimum absolute atomic E-state index is 0.151. The van der Waals surface area contributed by atoms with Crippen LogP contribution in [0.25, 0.3) is 0 Å². The first-order chi connectivity index (χ1) is 6.56. The highest BCUT2D eigenvalue weighted by Gasteiger charge is 2.08. The fraction of sp³-hybridized carbons (Fsp3) is 0.300. The normalized spacial score (nSPS) is 9.86. The van der Waals surface area contributed by atoms with Crippen LogP contribution in [0, 0.1) is 0 Å². The van der Waals surface area contributed by atoms with Crippen molar-refractivity contribution in [3.8, 4) is 0 Å². The molecule has 1 rings (SSSR count). The predicted octanol–water partition coefficient (Wildman–Crippen LogP) is 1.42. The molecule has 0 saturated carbocycles. The summed E-state index contributed by atoms with van der Waals surface area (Å²) in [6.07, 6.45) is 0. The van der Waals surface area contributed by atoms with Gasteiger partial charge in [-0.2, -0.15) is 0 Å². The van der Waals surface area contributed by atoms with Crippen molar-refractivity contribution in [3.63, 3.8) is 0 Å². The summed E-state index contributed by atoms with van der Waals surface area (Å²) >= 11 is 0. The Labute approximate surface area is 82.9 Å². The van der Waals surface area contributed by atoms with Crippen LogP contribution in [0.1, 0.15) is 17.3 Å². The smallest absolute Gasteiger partial charge is 0.337 e. The van der Waals surface area contributed by atoms with Gasteiger partial charge in [0.1, 0.15) is 0 Å². The van der Waals surface area contributed by atoms with E-state index in [9.17, 15) is 4.79 Å². The van der Waals surface area contributed by atoms with Gasteiger partial charge < -0.3 is 15.7 Å². The monoisotopic (exact) mass is 194 g/mol. The molecule has 76 valence electrons. The van der Waals surface area contributed by atoms with E-state index in [4.69, 9.17) is 10.8 Å². The SMILES string of the molecule is CCN(C)c1ccc(C(=O)O)c(N)c1. The lowest BCUT2D eigenvalue weighted by atomic mass is 10.1. The van der Waals surface area contributed by atoms with Crippen LogP contribution in [0.2, 0.25) is 0 Å². The number of nitrogens with zero attached hydrogens (tertiary/aromatic N) is 1. The van der Waals surface area contributed by atoms with Crippen molar-refractivity contribution >= 4 is 17.3 Å². The molecule has 14 heavy (non-hydrogen) atoms. The molecule has 0 unspecified atom stereocenters. The predicted molar refractivity (Wildman–Crippen MR) is 56.8 cm³/mol. The Balaban J connectivity index is 3.06. The molecule has 0 spiro atoms. The van der Waals surface area contributed by atoms with Crippen molar-refractivity contribution in [2.45, 2.75) is 6.92 Å². The highest BCUT2D eigenvalue weighted by atomic mass is 16.4. The van der Waals surface area contributed by atoms with Gasteiger partial charge in [-0.15, -0.1) is 0 Å². The zero-order valence-corrected chi connectivity index (χ0v) is 8.32. The maximum atomic E-state index is 10.7. The molecule has 3 N–H and O–H groups in total. The standard InChI is InChI=1S/C10H14N2O2/c1-3-12(2)7-4-5-8(10(13)14)9(11)6-7/h4-6H,3,11H2,1-2H3,(H,13,14). The Bertz CT molecular complexity index is 350. The van der Waals surface area contributed by atoms with Gasteiger partial charge in [0.25, 0.3) is 0 Å². The van der Waals surface area contributed by atoms with Gasteiger partial charge in [-0.3, -0.25) is 0 Å². The van der Waals surface area contributed by atoms with Crippen LogP contribution in [0.3, 0.4) is 0 Å². The van der Waals surface area contributed by atoms with Crippen molar-refractivity contribution in [1.29, 1.82) is 0 Å².